The summed E-state index contributed by atoms with van der Waals surface area (Å²) in [6.45, 7) is 1.68. The lowest BCUT2D eigenvalue weighted by Gasteiger charge is -2.31. The lowest BCUT2D eigenvalue weighted by molar-refractivity contribution is -0.150. The van der Waals surface area contributed by atoms with E-state index in [1.165, 1.54) is 12.1 Å². The second-order valence-corrected chi connectivity index (χ2v) is 4.86. The Hall–Kier alpha value is -1.89. The second-order valence-electron chi connectivity index (χ2n) is 4.86. The van der Waals surface area contributed by atoms with Crippen LogP contribution in [0.3, 0.4) is 0 Å². The number of nitrogens with zero attached hydrogens (tertiary/aromatic N) is 1. The van der Waals surface area contributed by atoms with Gasteiger partial charge in [0.2, 0.25) is 11.8 Å². The molecule has 1 aromatic carbocycles. The molecule has 1 atom stereocenters. The zero-order valence-corrected chi connectivity index (χ0v) is 11.4. The number of hydrogen-bond acceptors (Lipinski definition) is 3. The quantitative estimate of drug-likeness (QED) is 0.868. The summed E-state index contributed by atoms with van der Waals surface area (Å²) in [4.78, 5) is 24.9. The van der Waals surface area contributed by atoms with Gasteiger partial charge in [-0.05, 0) is 24.1 Å². The summed E-state index contributed by atoms with van der Waals surface area (Å²) in [7, 11) is 0. The highest BCUT2D eigenvalue weighted by atomic mass is 19.4. The Morgan fingerprint density at radius 3 is 2.67 bits per heavy atom. The Morgan fingerprint density at radius 2 is 2.05 bits per heavy atom. The summed E-state index contributed by atoms with van der Waals surface area (Å²) >= 11 is 0. The predicted octanol–water partition coefficient (Wildman–Crippen LogP) is 1.94. The molecule has 114 valence electrons. The molecule has 1 aromatic rings. The second kappa shape index (κ2) is 5.85. The standard InChI is InChI=1S/C14H15F3N2O2/c1-2-11-13(21)19(12(20)7-18-11)8-9-4-3-5-10(6-9)14(15,16)17/h3-6,11,18H,2,7-8H2,1H3. The van der Waals surface area contributed by atoms with E-state index < -0.39 is 29.6 Å². The minimum atomic E-state index is -4.45. The fourth-order valence-corrected chi connectivity index (χ4v) is 2.22. The molecule has 0 saturated carbocycles. The third-order valence-corrected chi connectivity index (χ3v) is 3.37. The number of benzene rings is 1. The average Bonchev–Trinajstić information content (AvgIpc) is 2.43. The largest absolute Gasteiger partial charge is 0.416 e. The number of halogens is 3. The molecule has 4 nitrogen and oxygen atoms in total. The molecule has 1 fully saturated rings. The van der Waals surface area contributed by atoms with Gasteiger partial charge in [-0.15, -0.1) is 0 Å². The van der Waals surface area contributed by atoms with E-state index in [9.17, 15) is 22.8 Å². The minimum Gasteiger partial charge on any atom is -0.297 e. The van der Waals surface area contributed by atoms with Crippen LogP contribution in [-0.4, -0.2) is 29.3 Å². The summed E-state index contributed by atoms with van der Waals surface area (Å²) in [6.07, 6.45) is -3.93. The van der Waals surface area contributed by atoms with E-state index in [-0.39, 0.29) is 18.7 Å². The molecule has 1 N–H and O–H groups in total. The molecular formula is C14H15F3N2O2. The molecule has 1 unspecified atom stereocenters. The zero-order chi connectivity index (χ0) is 15.6. The normalized spacial score (nSPS) is 20.0. The first-order valence-electron chi connectivity index (χ1n) is 6.56. The number of carbonyl (C=O) groups is 2. The molecule has 2 rings (SSSR count). The number of rotatable bonds is 3. The Morgan fingerprint density at radius 1 is 1.33 bits per heavy atom. The van der Waals surface area contributed by atoms with Crippen molar-refractivity contribution in [2.45, 2.75) is 32.1 Å². The minimum absolute atomic E-state index is 0.0171. The fraction of sp³-hybridized carbons (Fsp3) is 0.429. The first-order valence-corrected chi connectivity index (χ1v) is 6.56. The van der Waals surface area contributed by atoms with Gasteiger partial charge in [-0.25, -0.2) is 0 Å². The Kier molecular flexibility index (Phi) is 4.32. The first kappa shape index (κ1) is 15.5. The molecule has 1 heterocycles. The van der Waals surface area contributed by atoms with Gasteiger partial charge >= 0.3 is 6.18 Å². The maximum atomic E-state index is 12.7. The highest BCUT2D eigenvalue weighted by molar-refractivity contribution is 6.01. The van der Waals surface area contributed by atoms with E-state index in [2.05, 4.69) is 5.32 Å². The van der Waals surface area contributed by atoms with E-state index in [1.807, 2.05) is 0 Å². The maximum Gasteiger partial charge on any atom is 0.416 e. The van der Waals surface area contributed by atoms with Crippen LogP contribution in [-0.2, 0) is 22.3 Å². The highest BCUT2D eigenvalue weighted by Gasteiger charge is 2.34. The van der Waals surface area contributed by atoms with E-state index in [1.54, 1.807) is 6.92 Å². The van der Waals surface area contributed by atoms with Crippen LogP contribution in [0.15, 0.2) is 24.3 Å². The molecular weight excluding hydrogens is 285 g/mol. The van der Waals surface area contributed by atoms with Gasteiger partial charge in [0.25, 0.3) is 0 Å². The molecule has 21 heavy (non-hydrogen) atoms. The van der Waals surface area contributed by atoms with Gasteiger partial charge < -0.3 is 0 Å². The summed E-state index contributed by atoms with van der Waals surface area (Å²) in [5, 5.41) is 2.80. The zero-order valence-electron chi connectivity index (χ0n) is 11.4. The Bertz CT molecular complexity index is 557. The molecule has 2 amide bonds. The number of piperazine rings is 1. The number of imide groups is 1. The summed E-state index contributed by atoms with van der Waals surface area (Å²) in [6, 6.07) is 4.20. The topological polar surface area (TPSA) is 49.4 Å². The lowest BCUT2D eigenvalue weighted by Crippen LogP contribution is -2.57. The van der Waals surface area contributed by atoms with Crippen LogP contribution in [0.25, 0.3) is 0 Å². The van der Waals surface area contributed by atoms with Crippen molar-refractivity contribution in [2.75, 3.05) is 6.54 Å². The molecule has 1 aliphatic heterocycles. The number of alkyl halides is 3. The highest BCUT2D eigenvalue weighted by Crippen LogP contribution is 2.29. The average molecular weight is 300 g/mol. The van der Waals surface area contributed by atoms with Crippen LogP contribution in [0.1, 0.15) is 24.5 Å². The van der Waals surface area contributed by atoms with Gasteiger partial charge in [-0.3, -0.25) is 19.8 Å². The van der Waals surface area contributed by atoms with Crippen molar-refractivity contribution in [1.29, 1.82) is 0 Å². The van der Waals surface area contributed by atoms with Crippen molar-refractivity contribution in [3.8, 4) is 0 Å². The smallest absolute Gasteiger partial charge is 0.297 e. The predicted molar refractivity (Wildman–Crippen MR) is 69.1 cm³/mol. The van der Waals surface area contributed by atoms with Gasteiger partial charge in [0.05, 0.1) is 24.7 Å². The molecule has 0 spiro atoms. The lowest BCUT2D eigenvalue weighted by atomic mass is 10.1. The maximum absolute atomic E-state index is 12.7. The van der Waals surface area contributed by atoms with E-state index >= 15 is 0 Å². The van der Waals surface area contributed by atoms with E-state index in [0.29, 0.717) is 6.42 Å². The van der Waals surface area contributed by atoms with Gasteiger partial charge in [0.1, 0.15) is 0 Å². The van der Waals surface area contributed by atoms with Gasteiger partial charge in [0.15, 0.2) is 0 Å². The molecule has 7 heteroatoms. The first-order chi connectivity index (χ1) is 9.82. The van der Waals surface area contributed by atoms with Gasteiger partial charge in [-0.2, -0.15) is 13.2 Å². The van der Waals surface area contributed by atoms with Crippen molar-refractivity contribution in [3.05, 3.63) is 35.4 Å². The molecule has 1 aliphatic rings. The monoisotopic (exact) mass is 300 g/mol. The number of carbonyl (C=O) groups excluding carboxylic acids is 2. The van der Waals surface area contributed by atoms with Crippen molar-refractivity contribution >= 4 is 11.8 Å². The van der Waals surface area contributed by atoms with E-state index in [4.69, 9.17) is 0 Å². The molecule has 0 bridgehead atoms. The van der Waals surface area contributed by atoms with Crippen LogP contribution >= 0.6 is 0 Å². The van der Waals surface area contributed by atoms with Crippen LogP contribution in [0.5, 0.6) is 0 Å². The number of amides is 2. The van der Waals surface area contributed by atoms with Crippen LogP contribution in [0.2, 0.25) is 0 Å². The van der Waals surface area contributed by atoms with Crippen LogP contribution < -0.4 is 5.32 Å². The van der Waals surface area contributed by atoms with Crippen LogP contribution in [0, 0.1) is 0 Å². The number of nitrogens with one attached hydrogen (secondary N) is 1. The summed E-state index contributed by atoms with van der Waals surface area (Å²) < 4.78 is 38.0. The molecule has 0 radical (unpaired) electrons. The van der Waals surface area contributed by atoms with Crippen LogP contribution in [0.4, 0.5) is 13.2 Å². The van der Waals surface area contributed by atoms with E-state index in [0.717, 1.165) is 17.0 Å². The van der Waals surface area contributed by atoms with Gasteiger partial charge in [0, 0.05) is 0 Å². The Balaban J connectivity index is 2.20. The third kappa shape index (κ3) is 3.41. The summed E-state index contributed by atoms with van der Waals surface area (Å²) in [5.41, 5.74) is -0.509. The van der Waals surface area contributed by atoms with Crippen molar-refractivity contribution in [3.63, 3.8) is 0 Å². The number of hydrogen-bond donors (Lipinski definition) is 1. The van der Waals surface area contributed by atoms with Gasteiger partial charge in [-0.1, -0.05) is 19.1 Å². The molecule has 0 aliphatic carbocycles. The van der Waals surface area contributed by atoms with Crippen molar-refractivity contribution in [2.24, 2.45) is 0 Å². The summed E-state index contributed by atoms with van der Waals surface area (Å²) in [5.74, 6) is -0.826. The van der Waals surface area contributed by atoms with Crippen molar-refractivity contribution in [1.82, 2.24) is 10.2 Å². The SMILES string of the molecule is CCC1NCC(=O)N(Cc2cccc(C(F)(F)F)c2)C1=O. The fourth-order valence-electron chi connectivity index (χ4n) is 2.22. The third-order valence-electron chi connectivity index (χ3n) is 3.37. The molecule has 0 aromatic heterocycles. The molecule has 1 saturated heterocycles. The Labute approximate surface area is 119 Å². The van der Waals surface area contributed by atoms with Crippen molar-refractivity contribution < 1.29 is 22.8 Å².